The fourth-order valence-electron chi connectivity index (χ4n) is 1.70. The van der Waals surface area contributed by atoms with Crippen molar-refractivity contribution in [1.82, 2.24) is 4.98 Å². The van der Waals surface area contributed by atoms with Crippen LogP contribution in [0.25, 0.3) is 0 Å². The summed E-state index contributed by atoms with van der Waals surface area (Å²) < 4.78 is 5.01. The third kappa shape index (κ3) is 3.19. The highest BCUT2D eigenvalue weighted by atomic mass is 32.1. The molecule has 19 heavy (non-hydrogen) atoms. The smallest absolute Gasteiger partial charge is 0.333 e. The van der Waals surface area contributed by atoms with E-state index in [9.17, 15) is 10.1 Å². The van der Waals surface area contributed by atoms with Gasteiger partial charge < -0.3 is 10.1 Å². The van der Waals surface area contributed by atoms with Crippen molar-refractivity contribution in [3.8, 4) is 5.75 Å². The molecule has 0 saturated carbocycles. The molecule has 2 rings (SSSR count). The Kier molecular flexibility index (Phi) is 4.30. The fourth-order valence-corrected chi connectivity index (χ4v) is 2.30. The number of para-hydroxylation sites is 1. The van der Waals surface area contributed by atoms with E-state index in [0.29, 0.717) is 12.2 Å². The number of benzene rings is 1. The van der Waals surface area contributed by atoms with Gasteiger partial charge >= 0.3 is 5.69 Å². The first-order valence-electron chi connectivity index (χ1n) is 5.64. The van der Waals surface area contributed by atoms with Crippen LogP contribution in [0.3, 0.4) is 0 Å². The highest BCUT2D eigenvalue weighted by molar-refractivity contribution is 7.07. The molecule has 7 heteroatoms. The van der Waals surface area contributed by atoms with E-state index in [1.54, 1.807) is 23.7 Å². The molecule has 0 radical (unpaired) electrons. The van der Waals surface area contributed by atoms with Gasteiger partial charge in [-0.3, -0.25) is 10.1 Å². The molecule has 2 aromatic rings. The summed E-state index contributed by atoms with van der Waals surface area (Å²) in [6, 6.07) is 4.96. The molecular formula is C12H13N3O3S. The largest absolute Gasteiger partial charge is 0.490 e. The van der Waals surface area contributed by atoms with Gasteiger partial charge in [-0.05, 0) is 12.1 Å². The van der Waals surface area contributed by atoms with Crippen molar-refractivity contribution in [1.29, 1.82) is 0 Å². The number of hydrogen-bond acceptors (Lipinski definition) is 6. The lowest BCUT2D eigenvalue weighted by molar-refractivity contribution is -0.384. The monoisotopic (exact) mass is 279 g/mol. The first-order chi connectivity index (χ1) is 9.22. The van der Waals surface area contributed by atoms with E-state index >= 15 is 0 Å². The van der Waals surface area contributed by atoms with E-state index in [1.165, 1.54) is 18.4 Å². The van der Waals surface area contributed by atoms with Gasteiger partial charge in [0.15, 0.2) is 5.75 Å². The summed E-state index contributed by atoms with van der Waals surface area (Å²) >= 11 is 1.53. The van der Waals surface area contributed by atoms with Crippen LogP contribution in [0.4, 0.5) is 11.4 Å². The average Bonchev–Trinajstić information content (AvgIpc) is 2.91. The van der Waals surface area contributed by atoms with Crippen LogP contribution in [0.15, 0.2) is 29.1 Å². The fraction of sp³-hybridized carbons (Fsp3) is 0.250. The van der Waals surface area contributed by atoms with Crippen molar-refractivity contribution in [2.75, 3.05) is 19.0 Å². The summed E-state index contributed by atoms with van der Waals surface area (Å²) in [6.45, 7) is 0.581. The van der Waals surface area contributed by atoms with Crippen LogP contribution in [-0.2, 0) is 6.42 Å². The predicted octanol–water partition coefficient (Wildman–Crippen LogP) is 2.71. The molecule has 0 unspecified atom stereocenters. The second-order valence-electron chi connectivity index (χ2n) is 3.77. The molecule has 100 valence electrons. The van der Waals surface area contributed by atoms with Crippen molar-refractivity contribution < 1.29 is 9.66 Å². The summed E-state index contributed by atoms with van der Waals surface area (Å²) in [5.41, 5.74) is 3.16. The zero-order valence-electron chi connectivity index (χ0n) is 10.3. The van der Waals surface area contributed by atoms with E-state index in [1.807, 2.05) is 5.38 Å². The third-order valence-electron chi connectivity index (χ3n) is 2.58. The maximum Gasteiger partial charge on any atom is 0.333 e. The number of rotatable bonds is 6. The van der Waals surface area contributed by atoms with Crippen molar-refractivity contribution in [2.45, 2.75) is 6.42 Å². The zero-order valence-corrected chi connectivity index (χ0v) is 11.1. The molecule has 0 fully saturated rings. The molecule has 0 atom stereocenters. The zero-order chi connectivity index (χ0) is 13.7. The Hall–Kier alpha value is -2.15. The first-order valence-corrected chi connectivity index (χ1v) is 6.59. The second-order valence-corrected chi connectivity index (χ2v) is 4.49. The maximum atomic E-state index is 11.1. The van der Waals surface area contributed by atoms with Gasteiger partial charge in [-0.15, -0.1) is 11.3 Å². The van der Waals surface area contributed by atoms with Crippen LogP contribution in [0.2, 0.25) is 0 Å². The molecule has 0 aliphatic rings. The third-order valence-corrected chi connectivity index (χ3v) is 3.22. The molecule has 0 amide bonds. The quantitative estimate of drug-likeness (QED) is 0.649. The van der Waals surface area contributed by atoms with Crippen LogP contribution in [0, 0.1) is 10.1 Å². The summed E-state index contributed by atoms with van der Waals surface area (Å²) in [5, 5.41) is 16.1. The van der Waals surface area contributed by atoms with E-state index < -0.39 is 4.92 Å². The minimum atomic E-state index is -0.440. The van der Waals surface area contributed by atoms with Gasteiger partial charge in [-0.25, -0.2) is 4.98 Å². The van der Waals surface area contributed by atoms with Crippen LogP contribution in [-0.4, -0.2) is 23.6 Å². The Bertz CT molecular complexity index is 557. The lowest BCUT2D eigenvalue weighted by Crippen LogP contribution is -2.07. The van der Waals surface area contributed by atoms with Crippen molar-refractivity contribution in [2.24, 2.45) is 0 Å². The van der Waals surface area contributed by atoms with E-state index in [2.05, 4.69) is 10.3 Å². The summed E-state index contributed by atoms with van der Waals surface area (Å²) in [5.74, 6) is 0.253. The molecule has 1 heterocycles. The molecule has 6 nitrogen and oxygen atoms in total. The van der Waals surface area contributed by atoms with Crippen LogP contribution >= 0.6 is 11.3 Å². The number of aromatic nitrogens is 1. The number of anilines is 1. The minimum Gasteiger partial charge on any atom is -0.490 e. The second kappa shape index (κ2) is 6.14. The predicted molar refractivity (Wildman–Crippen MR) is 74.0 cm³/mol. The number of nitro benzene ring substituents is 1. The maximum absolute atomic E-state index is 11.1. The van der Waals surface area contributed by atoms with Gasteiger partial charge in [0.1, 0.15) is 5.69 Å². The highest BCUT2D eigenvalue weighted by Crippen LogP contribution is 2.34. The van der Waals surface area contributed by atoms with Crippen molar-refractivity contribution >= 4 is 22.7 Å². The molecule has 1 aromatic carbocycles. The number of nitrogens with one attached hydrogen (secondary N) is 1. The van der Waals surface area contributed by atoms with Crippen molar-refractivity contribution in [3.63, 3.8) is 0 Å². The molecule has 1 aromatic heterocycles. The van der Waals surface area contributed by atoms with Crippen LogP contribution < -0.4 is 10.1 Å². The summed E-state index contributed by atoms with van der Waals surface area (Å²) in [4.78, 5) is 14.8. The number of nitrogens with zero attached hydrogens (tertiary/aromatic N) is 2. The number of methoxy groups -OCH3 is 1. The lowest BCUT2D eigenvalue weighted by atomic mass is 10.2. The van der Waals surface area contributed by atoms with Gasteiger partial charge in [-0.2, -0.15) is 0 Å². The Labute approximate surface area is 114 Å². The Morgan fingerprint density at radius 3 is 3.00 bits per heavy atom. The van der Waals surface area contributed by atoms with Crippen molar-refractivity contribution in [3.05, 3.63) is 44.9 Å². The number of hydrogen-bond donors (Lipinski definition) is 1. The molecule has 0 saturated heterocycles. The molecule has 0 aliphatic heterocycles. The molecule has 0 bridgehead atoms. The Morgan fingerprint density at radius 1 is 1.53 bits per heavy atom. The highest BCUT2D eigenvalue weighted by Gasteiger charge is 2.19. The number of nitro groups is 1. The Balaban J connectivity index is 2.09. The van der Waals surface area contributed by atoms with Gasteiger partial charge in [0.25, 0.3) is 0 Å². The molecular weight excluding hydrogens is 266 g/mol. The molecule has 0 aliphatic carbocycles. The van der Waals surface area contributed by atoms with Gasteiger partial charge in [0, 0.05) is 18.3 Å². The van der Waals surface area contributed by atoms with E-state index in [4.69, 9.17) is 4.74 Å². The number of thiazole rings is 1. The molecule has 1 N–H and O–H groups in total. The molecule has 0 spiro atoms. The summed E-state index contributed by atoms with van der Waals surface area (Å²) in [7, 11) is 1.42. The standard InChI is InChI=1S/C12H13N3O3S/c1-18-11-4-2-3-10(12(11)15(16)17)13-6-5-9-7-19-8-14-9/h2-4,7-8,13H,5-6H2,1H3. The number of ether oxygens (including phenoxy) is 1. The van der Waals surface area contributed by atoms with Gasteiger partial charge in [0.2, 0.25) is 0 Å². The SMILES string of the molecule is COc1cccc(NCCc2cscn2)c1[N+](=O)[O-]. The lowest BCUT2D eigenvalue weighted by Gasteiger charge is -2.08. The normalized spacial score (nSPS) is 10.2. The van der Waals surface area contributed by atoms with Gasteiger partial charge in [-0.1, -0.05) is 6.07 Å². The first kappa shape index (κ1) is 13.3. The average molecular weight is 279 g/mol. The van der Waals surface area contributed by atoms with Crippen LogP contribution in [0.5, 0.6) is 5.75 Å². The Morgan fingerprint density at radius 2 is 2.37 bits per heavy atom. The summed E-state index contributed by atoms with van der Waals surface area (Å²) in [6.07, 6.45) is 0.720. The van der Waals surface area contributed by atoms with E-state index in [0.717, 1.165) is 12.1 Å². The minimum absolute atomic E-state index is 0.0386. The van der Waals surface area contributed by atoms with Gasteiger partial charge in [0.05, 0.1) is 23.2 Å². The topological polar surface area (TPSA) is 77.3 Å². The van der Waals surface area contributed by atoms with E-state index in [-0.39, 0.29) is 11.4 Å². The van der Waals surface area contributed by atoms with Crippen LogP contribution in [0.1, 0.15) is 5.69 Å².